The fourth-order valence-corrected chi connectivity index (χ4v) is 1.83. The van der Waals surface area contributed by atoms with Crippen molar-refractivity contribution in [3.63, 3.8) is 0 Å². The Morgan fingerprint density at radius 3 is 2.80 bits per heavy atom. The molecule has 0 aliphatic rings. The molecule has 1 heterocycles. The highest BCUT2D eigenvalue weighted by molar-refractivity contribution is 9.10. The molecule has 6 heteroatoms. The molecule has 1 aromatic heterocycles. The van der Waals surface area contributed by atoms with E-state index in [0.29, 0.717) is 16.6 Å². The van der Waals surface area contributed by atoms with E-state index < -0.39 is 11.6 Å². The second-order valence-electron chi connectivity index (χ2n) is 4.05. The van der Waals surface area contributed by atoms with Crippen molar-refractivity contribution in [1.29, 1.82) is 0 Å². The van der Waals surface area contributed by atoms with Gasteiger partial charge in [-0.15, -0.1) is 0 Å². The molecule has 20 heavy (non-hydrogen) atoms. The zero-order chi connectivity index (χ0) is 14.5. The van der Waals surface area contributed by atoms with Crippen LogP contribution in [0.2, 0.25) is 0 Å². The molecule has 0 radical (unpaired) electrons. The first-order chi connectivity index (χ1) is 9.61. The standard InChI is InChI=1S/C14H13BrF2N2O/c1-2-18-8-9-5-6-19-14(13(9)17)20-10-3-4-11(15)12(16)7-10/h3-7,18H,2,8H2,1H3. The third-order valence-corrected chi connectivity index (χ3v) is 3.25. The number of halogens is 3. The first kappa shape index (κ1) is 14.9. The normalized spacial score (nSPS) is 10.6. The maximum absolute atomic E-state index is 14.1. The molecule has 0 fully saturated rings. The summed E-state index contributed by atoms with van der Waals surface area (Å²) in [6, 6.07) is 5.77. The predicted molar refractivity (Wildman–Crippen MR) is 75.7 cm³/mol. The van der Waals surface area contributed by atoms with Crippen molar-refractivity contribution in [1.82, 2.24) is 10.3 Å². The number of hydrogen-bond donors (Lipinski definition) is 1. The predicted octanol–water partition coefficient (Wildman–Crippen LogP) is 4.02. The van der Waals surface area contributed by atoms with Gasteiger partial charge in [0.15, 0.2) is 5.82 Å². The van der Waals surface area contributed by atoms with Crippen molar-refractivity contribution in [3.05, 3.63) is 52.1 Å². The molecule has 106 valence electrons. The van der Waals surface area contributed by atoms with Crippen LogP contribution in [0.15, 0.2) is 34.9 Å². The summed E-state index contributed by atoms with van der Waals surface area (Å²) in [5.74, 6) is -0.997. The lowest BCUT2D eigenvalue weighted by Crippen LogP contribution is -2.13. The third kappa shape index (κ3) is 3.52. The molecule has 0 bridgehead atoms. The van der Waals surface area contributed by atoms with Gasteiger partial charge in [-0.2, -0.15) is 0 Å². The lowest BCUT2D eigenvalue weighted by Gasteiger charge is -2.09. The molecule has 0 saturated carbocycles. The van der Waals surface area contributed by atoms with Crippen molar-refractivity contribution in [3.8, 4) is 11.6 Å². The number of rotatable bonds is 5. The first-order valence-electron chi connectivity index (χ1n) is 6.08. The van der Waals surface area contributed by atoms with Gasteiger partial charge in [0, 0.05) is 24.4 Å². The summed E-state index contributed by atoms with van der Waals surface area (Å²) in [5.41, 5.74) is 0.453. The fourth-order valence-electron chi connectivity index (χ4n) is 1.58. The Morgan fingerprint density at radius 1 is 1.30 bits per heavy atom. The minimum atomic E-state index is -0.545. The Bertz CT molecular complexity index is 608. The first-order valence-corrected chi connectivity index (χ1v) is 6.88. The van der Waals surface area contributed by atoms with E-state index in [0.717, 1.165) is 6.54 Å². The van der Waals surface area contributed by atoms with Crippen molar-refractivity contribution >= 4 is 15.9 Å². The lowest BCUT2D eigenvalue weighted by atomic mass is 10.2. The minimum Gasteiger partial charge on any atom is -0.436 e. The van der Waals surface area contributed by atoms with Gasteiger partial charge in [-0.1, -0.05) is 6.92 Å². The molecule has 2 rings (SSSR count). The SMILES string of the molecule is CCNCc1ccnc(Oc2ccc(Br)c(F)c2)c1F. The summed E-state index contributed by atoms with van der Waals surface area (Å²) in [5, 5.41) is 3.02. The Balaban J connectivity index is 2.22. The summed E-state index contributed by atoms with van der Waals surface area (Å²) in [4.78, 5) is 3.84. The molecule has 0 amide bonds. The van der Waals surface area contributed by atoms with Crippen LogP contribution in [0.1, 0.15) is 12.5 Å². The van der Waals surface area contributed by atoms with Gasteiger partial charge < -0.3 is 10.1 Å². The summed E-state index contributed by atoms with van der Waals surface area (Å²) < 4.78 is 33.1. The zero-order valence-electron chi connectivity index (χ0n) is 10.8. The highest BCUT2D eigenvalue weighted by Gasteiger charge is 2.12. The Labute approximate surface area is 124 Å². The second-order valence-corrected chi connectivity index (χ2v) is 4.90. The van der Waals surface area contributed by atoms with E-state index in [9.17, 15) is 8.78 Å². The second kappa shape index (κ2) is 6.76. The summed E-state index contributed by atoms with van der Waals surface area (Å²) in [7, 11) is 0. The maximum atomic E-state index is 14.1. The average Bonchev–Trinajstić information content (AvgIpc) is 2.44. The smallest absolute Gasteiger partial charge is 0.256 e. The van der Waals surface area contributed by atoms with E-state index in [-0.39, 0.29) is 11.6 Å². The van der Waals surface area contributed by atoms with Crippen LogP contribution in [0, 0.1) is 11.6 Å². The molecule has 3 nitrogen and oxygen atoms in total. The molecule has 0 spiro atoms. The van der Waals surface area contributed by atoms with Crippen molar-refractivity contribution in [2.75, 3.05) is 6.54 Å². The molecular weight excluding hydrogens is 330 g/mol. The number of ether oxygens (including phenoxy) is 1. The maximum Gasteiger partial charge on any atom is 0.256 e. The monoisotopic (exact) mass is 342 g/mol. The van der Waals surface area contributed by atoms with Crippen molar-refractivity contribution < 1.29 is 13.5 Å². The highest BCUT2D eigenvalue weighted by Crippen LogP contribution is 2.27. The van der Waals surface area contributed by atoms with Gasteiger partial charge in [-0.05, 0) is 40.7 Å². The van der Waals surface area contributed by atoms with Gasteiger partial charge in [0.25, 0.3) is 5.88 Å². The summed E-state index contributed by atoms with van der Waals surface area (Å²) in [6.07, 6.45) is 1.46. The van der Waals surface area contributed by atoms with E-state index in [1.807, 2.05) is 6.92 Å². The fraction of sp³-hybridized carbons (Fsp3) is 0.214. The van der Waals surface area contributed by atoms with Crippen LogP contribution in [0.5, 0.6) is 11.6 Å². The molecule has 0 saturated heterocycles. The number of hydrogen-bond acceptors (Lipinski definition) is 3. The van der Waals surface area contributed by atoms with E-state index in [2.05, 4.69) is 26.2 Å². The Kier molecular flexibility index (Phi) is 5.03. The number of pyridine rings is 1. The molecule has 0 atom stereocenters. The molecule has 0 unspecified atom stereocenters. The van der Waals surface area contributed by atoms with Crippen LogP contribution < -0.4 is 10.1 Å². The molecule has 2 aromatic rings. The average molecular weight is 343 g/mol. The van der Waals surface area contributed by atoms with Crippen LogP contribution >= 0.6 is 15.9 Å². The van der Waals surface area contributed by atoms with Gasteiger partial charge in [-0.3, -0.25) is 0 Å². The van der Waals surface area contributed by atoms with E-state index in [4.69, 9.17) is 4.74 Å². The van der Waals surface area contributed by atoms with Crippen molar-refractivity contribution in [2.45, 2.75) is 13.5 Å². The Morgan fingerprint density at radius 2 is 2.10 bits per heavy atom. The Hall–Kier alpha value is -1.53. The van der Waals surface area contributed by atoms with Gasteiger partial charge in [0.05, 0.1) is 4.47 Å². The van der Waals surface area contributed by atoms with E-state index in [1.165, 1.54) is 24.4 Å². The van der Waals surface area contributed by atoms with Gasteiger partial charge in [0.1, 0.15) is 11.6 Å². The molecular formula is C14H13BrF2N2O. The molecule has 0 aliphatic carbocycles. The van der Waals surface area contributed by atoms with Crippen LogP contribution in [-0.4, -0.2) is 11.5 Å². The number of benzene rings is 1. The van der Waals surface area contributed by atoms with Crippen LogP contribution in [0.3, 0.4) is 0 Å². The number of aromatic nitrogens is 1. The molecule has 1 aromatic carbocycles. The number of nitrogens with one attached hydrogen (secondary N) is 1. The minimum absolute atomic E-state index is 0.165. The third-order valence-electron chi connectivity index (χ3n) is 2.61. The lowest BCUT2D eigenvalue weighted by molar-refractivity contribution is 0.414. The van der Waals surface area contributed by atoms with Crippen molar-refractivity contribution in [2.24, 2.45) is 0 Å². The van der Waals surface area contributed by atoms with Crippen LogP contribution in [0.4, 0.5) is 8.78 Å². The van der Waals surface area contributed by atoms with Gasteiger partial charge in [0.2, 0.25) is 0 Å². The van der Waals surface area contributed by atoms with Gasteiger partial charge >= 0.3 is 0 Å². The largest absolute Gasteiger partial charge is 0.436 e. The molecule has 1 N–H and O–H groups in total. The van der Waals surface area contributed by atoms with Crippen LogP contribution in [0.25, 0.3) is 0 Å². The van der Waals surface area contributed by atoms with Gasteiger partial charge in [-0.25, -0.2) is 13.8 Å². The van der Waals surface area contributed by atoms with Crippen LogP contribution in [-0.2, 0) is 6.54 Å². The zero-order valence-corrected chi connectivity index (χ0v) is 12.4. The number of nitrogens with zero attached hydrogens (tertiary/aromatic N) is 1. The van der Waals surface area contributed by atoms with E-state index >= 15 is 0 Å². The topological polar surface area (TPSA) is 34.2 Å². The summed E-state index contributed by atoms with van der Waals surface area (Å²) >= 11 is 3.04. The quantitative estimate of drug-likeness (QED) is 0.890. The highest BCUT2D eigenvalue weighted by atomic mass is 79.9. The molecule has 0 aliphatic heterocycles. The summed E-state index contributed by atoms with van der Waals surface area (Å²) in [6.45, 7) is 3.05. The van der Waals surface area contributed by atoms with E-state index in [1.54, 1.807) is 6.07 Å².